The van der Waals surface area contributed by atoms with Gasteiger partial charge in [-0.25, -0.2) is 4.79 Å². The first-order chi connectivity index (χ1) is 16.1. The number of pyridine rings is 1. The summed E-state index contributed by atoms with van der Waals surface area (Å²) >= 11 is 0. The summed E-state index contributed by atoms with van der Waals surface area (Å²) in [7, 11) is 1.57. The lowest BCUT2D eigenvalue weighted by Crippen LogP contribution is -2.27. The fourth-order valence-corrected chi connectivity index (χ4v) is 3.80. The maximum atomic E-state index is 13.1. The van der Waals surface area contributed by atoms with Crippen molar-refractivity contribution in [2.24, 2.45) is 0 Å². The number of amides is 3. The Labute approximate surface area is 193 Å². The third kappa shape index (κ3) is 5.79. The first-order valence-corrected chi connectivity index (χ1v) is 10.9. The summed E-state index contributed by atoms with van der Waals surface area (Å²) in [6.07, 6.45) is 5.62. The molecule has 8 nitrogen and oxygen atoms in total. The summed E-state index contributed by atoms with van der Waals surface area (Å²) in [5.41, 5.74) is 3.45. The van der Waals surface area contributed by atoms with Gasteiger partial charge in [-0.3, -0.25) is 9.78 Å². The zero-order chi connectivity index (χ0) is 23.0. The van der Waals surface area contributed by atoms with Crippen LogP contribution in [0.2, 0.25) is 0 Å². The van der Waals surface area contributed by atoms with Crippen LogP contribution in [0.25, 0.3) is 0 Å². The van der Waals surface area contributed by atoms with E-state index in [4.69, 9.17) is 4.74 Å². The van der Waals surface area contributed by atoms with Crippen molar-refractivity contribution in [3.8, 4) is 5.75 Å². The second-order valence-electron chi connectivity index (χ2n) is 7.78. The number of hydrogen-bond donors (Lipinski definition) is 3. The molecule has 3 amide bonds. The Balaban J connectivity index is 1.50. The number of hydrogen-bond acceptors (Lipinski definition) is 5. The number of aromatic nitrogens is 1. The van der Waals surface area contributed by atoms with Crippen LogP contribution in [0.15, 0.2) is 67.0 Å². The minimum atomic E-state index is -0.404. The Morgan fingerprint density at radius 3 is 2.52 bits per heavy atom. The van der Waals surface area contributed by atoms with Gasteiger partial charge in [-0.2, -0.15) is 0 Å². The van der Waals surface area contributed by atoms with Crippen molar-refractivity contribution in [1.82, 2.24) is 10.3 Å². The van der Waals surface area contributed by atoms with Crippen molar-refractivity contribution in [1.29, 1.82) is 0 Å². The topological polar surface area (TPSA) is 95.6 Å². The Morgan fingerprint density at radius 2 is 1.79 bits per heavy atom. The van der Waals surface area contributed by atoms with Crippen LogP contribution in [0, 0.1) is 0 Å². The molecule has 0 radical (unpaired) electrons. The van der Waals surface area contributed by atoms with E-state index in [0.29, 0.717) is 29.2 Å². The number of ether oxygens (including phenoxy) is 1. The number of anilines is 3. The van der Waals surface area contributed by atoms with E-state index in [0.717, 1.165) is 37.2 Å². The highest BCUT2D eigenvalue weighted by atomic mass is 16.5. The van der Waals surface area contributed by atoms with Crippen molar-refractivity contribution >= 4 is 29.0 Å². The summed E-state index contributed by atoms with van der Waals surface area (Å²) in [5, 5.41) is 8.56. The largest absolute Gasteiger partial charge is 0.497 e. The monoisotopic (exact) mass is 445 g/mol. The molecule has 1 aliphatic rings. The van der Waals surface area contributed by atoms with E-state index in [1.54, 1.807) is 49.8 Å². The third-order valence-electron chi connectivity index (χ3n) is 5.45. The quantitative estimate of drug-likeness (QED) is 0.505. The molecule has 2 aromatic carbocycles. The number of urea groups is 1. The molecule has 1 saturated heterocycles. The fourth-order valence-electron chi connectivity index (χ4n) is 3.80. The van der Waals surface area contributed by atoms with Crippen LogP contribution < -0.4 is 25.6 Å². The number of benzene rings is 2. The van der Waals surface area contributed by atoms with Gasteiger partial charge in [0, 0.05) is 55.2 Å². The summed E-state index contributed by atoms with van der Waals surface area (Å²) in [5.74, 6) is 0.452. The molecule has 170 valence electrons. The van der Waals surface area contributed by atoms with Crippen LogP contribution >= 0.6 is 0 Å². The lowest BCUT2D eigenvalue weighted by molar-refractivity contribution is 0.0951. The molecule has 0 unspecified atom stereocenters. The number of nitrogens with one attached hydrogen (secondary N) is 3. The average molecular weight is 446 g/mol. The summed E-state index contributed by atoms with van der Waals surface area (Å²) in [6.45, 7) is 2.19. The maximum absolute atomic E-state index is 13.1. The number of rotatable bonds is 7. The SMILES string of the molecule is COc1cccc(NC(=O)Nc2ccc(N3CCCC3)c(C(=O)NCc3cccnc3)c2)c1. The van der Waals surface area contributed by atoms with Gasteiger partial charge < -0.3 is 25.6 Å². The van der Waals surface area contributed by atoms with E-state index in [1.807, 2.05) is 24.3 Å². The molecule has 0 saturated carbocycles. The van der Waals surface area contributed by atoms with Gasteiger partial charge in [0.1, 0.15) is 5.75 Å². The number of carbonyl (C=O) groups is 2. The predicted octanol–water partition coefficient (Wildman–Crippen LogP) is 4.26. The minimum absolute atomic E-state index is 0.197. The van der Waals surface area contributed by atoms with Gasteiger partial charge in [0.05, 0.1) is 12.7 Å². The van der Waals surface area contributed by atoms with Crippen LogP contribution in [0.5, 0.6) is 5.75 Å². The highest BCUT2D eigenvalue weighted by Crippen LogP contribution is 2.28. The molecule has 0 bridgehead atoms. The third-order valence-corrected chi connectivity index (χ3v) is 5.45. The van der Waals surface area contributed by atoms with Crippen molar-refractivity contribution < 1.29 is 14.3 Å². The Bertz CT molecular complexity index is 1110. The van der Waals surface area contributed by atoms with Gasteiger partial charge in [-0.05, 0) is 54.8 Å². The fraction of sp³-hybridized carbons (Fsp3) is 0.240. The molecule has 0 aliphatic carbocycles. The number of methoxy groups -OCH3 is 1. The van der Waals surface area contributed by atoms with Gasteiger partial charge in [0.2, 0.25) is 0 Å². The average Bonchev–Trinajstić information content (AvgIpc) is 3.38. The first kappa shape index (κ1) is 22.1. The van der Waals surface area contributed by atoms with Crippen LogP contribution in [-0.2, 0) is 6.54 Å². The highest BCUT2D eigenvalue weighted by molar-refractivity contribution is 6.04. The molecule has 8 heteroatoms. The zero-order valence-corrected chi connectivity index (χ0v) is 18.5. The summed E-state index contributed by atoms with van der Waals surface area (Å²) in [6, 6.07) is 15.9. The molecule has 0 spiro atoms. The van der Waals surface area contributed by atoms with Gasteiger partial charge in [-0.1, -0.05) is 12.1 Å². The molecular formula is C25H27N5O3. The predicted molar refractivity (Wildman–Crippen MR) is 129 cm³/mol. The van der Waals surface area contributed by atoms with E-state index in [1.165, 1.54) is 0 Å². The molecule has 3 N–H and O–H groups in total. The molecular weight excluding hydrogens is 418 g/mol. The van der Waals surface area contributed by atoms with E-state index >= 15 is 0 Å². The smallest absolute Gasteiger partial charge is 0.323 e. The molecule has 1 aliphatic heterocycles. The molecule has 1 aromatic heterocycles. The van der Waals surface area contributed by atoms with Gasteiger partial charge in [-0.15, -0.1) is 0 Å². The minimum Gasteiger partial charge on any atom is -0.497 e. The van der Waals surface area contributed by atoms with Gasteiger partial charge in [0.15, 0.2) is 0 Å². The molecule has 3 aromatic rings. The molecule has 2 heterocycles. The molecule has 4 rings (SSSR count). The molecule has 0 atom stereocenters. The normalized spacial score (nSPS) is 12.8. The van der Waals surface area contributed by atoms with Crippen LogP contribution in [0.3, 0.4) is 0 Å². The van der Waals surface area contributed by atoms with E-state index in [-0.39, 0.29) is 5.91 Å². The van der Waals surface area contributed by atoms with E-state index in [9.17, 15) is 9.59 Å². The van der Waals surface area contributed by atoms with Crippen molar-refractivity contribution in [3.63, 3.8) is 0 Å². The first-order valence-electron chi connectivity index (χ1n) is 10.9. The van der Waals surface area contributed by atoms with Crippen LogP contribution in [0.1, 0.15) is 28.8 Å². The second-order valence-corrected chi connectivity index (χ2v) is 7.78. The standard InChI is InChI=1S/C25H27N5O3/c1-33-21-8-4-7-19(14-21)28-25(32)29-20-9-10-23(30-12-2-3-13-30)22(15-20)24(31)27-17-18-6-5-11-26-16-18/h4-11,14-16H,2-3,12-13,17H2,1H3,(H,27,31)(H2,28,29,32). The van der Waals surface area contributed by atoms with Gasteiger partial charge in [0.25, 0.3) is 5.91 Å². The zero-order valence-electron chi connectivity index (χ0n) is 18.5. The summed E-state index contributed by atoms with van der Waals surface area (Å²) in [4.78, 5) is 31.9. The Morgan fingerprint density at radius 1 is 1.00 bits per heavy atom. The van der Waals surface area contributed by atoms with Crippen LogP contribution in [0.4, 0.5) is 21.9 Å². The number of nitrogens with zero attached hydrogens (tertiary/aromatic N) is 2. The van der Waals surface area contributed by atoms with Crippen molar-refractivity contribution in [2.75, 3.05) is 35.7 Å². The second kappa shape index (κ2) is 10.5. The van der Waals surface area contributed by atoms with Crippen molar-refractivity contribution in [2.45, 2.75) is 19.4 Å². The summed E-state index contributed by atoms with van der Waals surface area (Å²) < 4.78 is 5.19. The Hall–Kier alpha value is -4.07. The van der Waals surface area contributed by atoms with E-state index in [2.05, 4.69) is 25.8 Å². The van der Waals surface area contributed by atoms with Crippen molar-refractivity contribution in [3.05, 3.63) is 78.1 Å². The van der Waals surface area contributed by atoms with Gasteiger partial charge >= 0.3 is 6.03 Å². The maximum Gasteiger partial charge on any atom is 0.323 e. The lowest BCUT2D eigenvalue weighted by Gasteiger charge is -2.22. The Kier molecular flexibility index (Phi) is 7.04. The lowest BCUT2D eigenvalue weighted by atomic mass is 10.1. The highest BCUT2D eigenvalue weighted by Gasteiger charge is 2.20. The molecule has 1 fully saturated rings. The molecule has 33 heavy (non-hydrogen) atoms. The van der Waals surface area contributed by atoms with E-state index < -0.39 is 6.03 Å². The van der Waals surface area contributed by atoms with Crippen LogP contribution in [-0.4, -0.2) is 37.1 Å². The number of carbonyl (C=O) groups excluding carboxylic acids is 2.